The first kappa shape index (κ1) is 8.85. The predicted octanol–water partition coefficient (Wildman–Crippen LogP) is 1.33. The van der Waals surface area contributed by atoms with Crippen LogP contribution in [0.25, 0.3) is 5.65 Å². The zero-order chi connectivity index (χ0) is 10.3. The van der Waals surface area contributed by atoms with E-state index in [-0.39, 0.29) is 0 Å². The number of rotatable bonds is 3. The van der Waals surface area contributed by atoms with Crippen LogP contribution >= 0.6 is 0 Å². The van der Waals surface area contributed by atoms with Gasteiger partial charge in [0, 0.05) is 18.7 Å². The van der Waals surface area contributed by atoms with Gasteiger partial charge < -0.3 is 5.32 Å². The summed E-state index contributed by atoms with van der Waals surface area (Å²) in [5.74, 6) is 1.63. The SMILES string of the molecule is CNCc1ccc2nc(C3CC3)nn2c1. The Morgan fingerprint density at radius 2 is 2.33 bits per heavy atom. The Kier molecular flexibility index (Phi) is 1.95. The molecule has 0 unspecified atom stereocenters. The summed E-state index contributed by atoms with van der Waals surface area (Å²) in [6.45, 7) is 0.870. The van der Waals surface area contributed by atoms with E-state index in [1.54, 1.807) is 0 Å². The van der Waals surface area contributed by atoms with Gasteiger partial charge in [0.1, 0.15) is 0 Å². The molecule has 0 bridgehead atoms. The van der Waals surface area contributed by atoms with Crippen molar-refractivity contribution in [3.8, 4) is 0 Å². The molecule has 78 valence electrons. The molecule has 0 aliphatic heterocycles. The summed E-state index contributed by atoms with van der Waals surface area (Å²) in [7, 11) is 1.95. The van der Waals surface area contributed by atoms with Crippen LogP contribution in [0.1, 0.15) is 30.1 Å². The standard InChI is InChI=1S/C11H14N4/c1-12-6-8-2-5-10-13-11(9-3-4-9)14-15(10)7-8/h2,5,7,9,12H,3-4,6H2,1H3. The summed E-state index contributed by atoms with van der Waals surface area (Å²) >= 11 is 0. The van der Waals surface area contributed by atoms with E-state index in [2.05, 4.69) is 21.5 Å². The Balaban J connectivity index is 2.02. The van der Waals surface area contributed by atoms with Crippen LogP contribution < -0.4 is 5.32 Å². The lowest BCUT2D eigenvalue weighted by atomic mass is 10.3. The van der Waals surface area contributed by atoms with Gasteiger partial charge in [0.15, 0.2) is 11.5 Å². The molecular weight excluding hydrogens is 188 g/mol. The molecule has 3 rings (SSSR count). The summed E-state index contributed by atoms with van der Waals surface area (Å²) in [6, 6.07) is 4.13. The van der Waals surface area contributed by atoms with Crippen LogP contribution in [0.15, 0.2) is 18.3 Å². The highest BCUT2D eigenvalue weighted by atomic mass is 15.3. The molecular formula is C11H14N4. The van der Waals surface area contributed by atoms with Gasteiger partial charge in [0.05, 0.1) is 0 Å². The molecule has 1 aliphatic rings. The van der Waals surface area contributed by atoms with E-state index in [0.717, 1.165) is 18.0 Å². The van der Waals surface area contributed by atoms with Crippen LogP contribution in [-0.2, 0) is 6.54 Å². The van der Waals surface area contributed by atoms with Gasteiger partial charge in [-0.05, 0) is 31.5 Å². The van der Waals surface area contributed by atoms with Crippen molar-refractivity contribution in [2.24, 2.45) is 0 Å². The Morgan fingerprint density at radius 1 is 1.47 bits per heavy atom. The maximum Gasteiger partial charge on any atom is 0.155 e. The van der Waals surface area contributed by atoms with E-state index in [4.69, 9.17) is 0 Å². The minimum atomic E-state index is 0.623. The molecule has 1 saturated carbocycles. The van der Waals surface area contributed by atoms with E-state index < -0.39 is 0 Å². The molecule has 4 nitrogen and oxygen atoms in total. The maximum atomic E-state index is 4.51. The average molecular weight is 202 g/mol. The van der Waals surface area contributed by atoms with Gasteiger partial charge in [-0.15, -0.1) is 0 Å². The van der Waals surface area contributed by atoms with E-state index in [1.165, 1.54) is 18.4 Å². The summed E-state index contributed by atoms with van der Waals surface area (Å²) in [5.41, 5.74) is 2.19. The van der Waals surface area contributed by atoms with Gasteiger partial charge >= 0.3 is 0 Å². The van der Waals surface area contributed by atoms with Crippen LogP contribution in [0.5, 0.6) is 0 Å². The molecule has 15 heavy (non-hydrogen) atoms. The second-order valence-electron chi connectivity index (χ2n) is 4.11. The van der Waals surface area contributed by atoms with Gasteiger partial charge in [-0.2, -0.15) is 5.10 Å². The van der Waals surface area contributed by atoms with E-state index in [0.29, 0.717) is 5.92 Å². The number of nitrogens with one attached hydrogen (secondary N) is 1. The third-order valence-electron chi connectivity index (χ3n) is 2.73. The monoisotopic (exact) mass is 202 g/mol. The predicted molar refractivity (Wildman–Crippen MR) is 57.7 cm³/mol. The number of hydrogen-bond acceptors (Lipinski definition) is 3. The molecule has 1 aliphatic carbocycles. The van der Waals surface area contributed by atoms with E-state index >= 15 is 0 Å². The minimum absolute atomic E-state index is 0.623. The molecule has 2 aromatic heterocycles. The van der Waals surface area contributed by atoms with Crippen LogP contribution in [0.3, 0.4) is 0 Å². The average Bonchev–Trinajstić information content (AvgIpc) is 2.99. The summed E-state index contributed by atoms with van der Waals surface area (Å²) < 4.78 is 1.89. The summed E-state index contributed by atoms with van der Waals surface area (Å²) in [4.78, 5) is 4.51. The summed E-state index contributed by atoms with van der Waals surface area (Å²) in [5, 5.41) is 7.62. The highest BCUT2D eigenvalue weighted by Gasteiger charge is 2.27. The lowest BCUT2D eigenvalue weighted by Crippen LogP contribution is -2.05. The Labute approximate surface area is 88.3 Å². The Morgan fingerprint density at radius 3 is 3.07 bits per heavy atom. The third kappa shape index (κ3) is 1.61. The smallest absolute Gasteiger partial charge is 0.155 e. The minimum Gasteiger partial charge on any atom is -0.316 e. The Bertz CT molecular complexity index is 484. The largest absolute Gasteiger partial charge is 0.316 e. The van der Waals surface area contributed by atoms with Crippen LogP contribution in [0.4, 0.5) is 0 Å². The fourth-order valence-electron chi connectivity index (χ4n) is 1.77. The molecule has 1 N–H and O–H groups in total. The number of pyridine rings is 1. The highest BCUT2D eigenvalue weighted by molar-refractivity contribution is 5.39. The van der Waals surface area contributed by atoms with Crippen molar-refractivity contribution in [1.29, 1.82) is 0 Å². The molecule has 2 aromatic rings. The van der Waals surface area contributed by atoms with Crippen molar-refractivity contribution in [1.82, 2.24) is 19.9 Å². The number of aromatic nitrogens is 3. The lowest BCUT2D eigenvalue weighted by molar-refractivity contribution is 0.798. The zero-order valence-corrected chi connectivity index (χ0v) is 8.77. The van der Waals surface area contributed by atoms with Crippen LogP contribution in [0.2, 0.25) is 0 Å². The highest BCUT2D eigenvalue weighted by Crippen LogP contribution is 2.38. The zero-order valence-electron chi connectivity index (χ0n) is 8.77. The molecule has 1 fully saturated rings. The quantitative estimate of drug-likeness (QED) is 0.816. The number of hydrogen-bond donors (Lipinski definition) is 1. The van der Waals surface area contributed by atoms with Crippen molar-refractivity contribution >= 4 is 5.65 Å². The second-order valence-corrected chi connectivity index (χ2v) is 4.11. The van der Waals surface area contributed by atoms with Gasteiger partial charge in [-0.25, -0.2) is 9.50 Å². The molecule has 0 atom stereocenters. The van der Waals surface area contributed by atoms with Crippen molar-refractivity contribution in [2.45, 2.75) is 25.3 Å². The van der Waals surface area contributed by atoms with Gasteiger partial charge in [0.2, 0.25) is 0 Å². The number of fused-ring (bicyclic) bond motifs is 1. The fourth-order valence-corrected chi connectivity index (χ4v) is 1.77. The molecule has 0 amide bonds. The molecule has 0 spiro atoms. The fraction of sp³-hybridized carbons (Fsp3) is 0.455. The number of nitrogens with zero attached hydrogens (tertiary/aromatic N) is 3. The van der Waals surface area contributed by atoms with Gasteiger partial charge in [-0.1, -0.05) is 6.07 Å². The molecule has 0 saturated heterocycles. The third-order valence-corrected chi connectivity index (χ3v) is 2.73. The normalized spacial score (nSPS) is 16.1. The first-order chi connectivity index (χ1) is 7.36. The topological polar surface area (TPSA) is 42.2 Å². The molecule has 0 radical (unpaired) electrons. The molecule has 0 aromatic carbocycles. The van der Waals surface area contributed by atoms with Crippen LogP contribution in [-0.4, -0.2) is 21.6 Å². The molecule has 2 heterocycles. The molecule has 4 heteroatoms. The maximum absolute atomic E-state index is 4.51. The van der Waals surface area contributed by atoms with E-state index in [1.807, 2.05) is 23.8 Å². The van der Waals surface area contributed by atoms with Crippen molar-refractivity contribution in [3.63, 3.8) is 0 Å². The second kappa shape index (κ2) is 3.31. The summed E-state index contributed by atoms with van der Waals surface area (Å²) in [6.07, 6.45) is 4.55. The van der Waals surface area contributed by atoms with Crippen molar-refractivity contribution in [2.75, 3.05) is 7.05 Å². The van der Waals surface area contributed by atoms with Crippen molar-refractivity contribution < 1.29 is 0 Å². The first-order valence-corrected chi connectivity index (χ1v) is 5.36. The van der Waals surface area contributed by atoms with Gasteiger partial charge in [-0.3, -0.25) is 0 Å². The van der Waals surface area contributed by atoms with Crippen molar-refractivity contribution in [3.05, 3.63) is 29.7 Å². The van der Waals surface area contributed by atoms with E-state index in [9.17, 15) is 0 Å². The first-order valence-electron chi connectivity index (χ1n) is 5.36. The van der Waals surface area contributed by atoms with Gasteiger partial charge in [0.25, 0.3) is 0 Å². The lowest BCUT2D eigenvalue weighted by Gasteiger charge is -1.99. The van der Waals surface area contributed by atoms with Crippen LogP contribution in [0, 0.1) is 0 Å². The Hall–Kier alpha value is -1.42.